The molecule has 0 saturated heterocycles. The van der Waals surface area contributed by atoms with Crippen molar-refractivity contribution < 1.29 is 0 Å². The largest absolute Gasteiger partial charge is 0.311 e. The molecule has 0 amide bonds. The molecule has 0 aliphatic carbocycles. The Morgan fingerprint density at radius 1 is 0.581 bits per heavy atom. The highest BCUT2D eigenvalue weighted by atomic mass is 31.1. The summed E-state index contributed by atoms with van der Waals surface area (Å²) in [5.74, 6) is 0. The molecule has 2 nitrogen and oxygen atoms in total. The van der Waals surface area contributed by atoms with Gasteiger partial charge < -0.3 is 5.32 Å². The number of nitrogens with one attached hydrogen (secondary N) is 1. The fourth-order valence-electron chi connectivity index (χ4n) is 4.22. The zero-order chi connectivity index (χ0) is 21.5. The molecular weight excluding hydrogens is 395 g/mol. The molecule has 0 spiro atoms. The lowest BCUT2D eigenvalue weighted by molar-refractivity contribution is 0.320. The lowest BCUT2D eigenvalue weighted by atomic mass is 9.93. The van der Waals surface area contributed by atoms with Crippen LogP contribution in [0.25, 0.3) is 0 Å². The minimum Gasteiger partial charge on any atom is -0.311 e. The Kier molecular flexibility index (Phi) is 7.27. The zero-order valence-corrected chi connectivity index (χ0v) is 19.0. The minimum absolute atomic E-state index is 0.158. The van der Waals surface area contributed by atoms with Gasteiger partial charge in [0.15, 0.2) is 0 Å². The summed E-state index contributed by atoms with van der Waals surface area (Å²) < 4.78 is 2.57. The van der Waals surface area contributed by atoms with Gasteiger partial charge in [0, 0.05) is 8.07 Å². The van der Waals surface area contributed by atoms with Crippen LogP contribution in [0, 0.1) is 0 Å². The molecule has 1 N–H and O–H groups in total. The van der Waals surface area contributed by atoms with Crippen LogP contribution in [-0.4, -0.2) is 18.8 Å². The van der Waals surface area contributed by atoms with Gasteiger partial charge in [0.2, 0.25) is 0 Å². The first-order chi connectivity index (χ1) is 15.3. The molecular formula is C28H29N2P. The average molecular weight is 425 g/mol. The number of hydrogen-bond donors (Lipinski definition) is 1. The van der Waals surface area contributed by atoms with E-state index in [2.05, 4.69) is 145 Å². The lowest BCUT2D eigenvalue weighted by Crippen LogP contribution is -2.36. The molecule has 0 saturated carbocycles. The van der Waals surface area contributed by atoms with Gasteiger partial charge in [-0.05, 0) is 35.8 Å². The van der Waals surface area contributed by atoms with Crippen LogP contribution in [0.15, 0.2) is 121 Å². The highest BCUT2D eigenvalue weighted by molar-refractivity contribution is 7.70. The maximum atomic E-state index is 3.62. The Bertz CT molecular complexity index is 1000. The first-order valence-corrected chi connectivity index (χ1v) is 12.0. The van der Waals surface area contributed by atoms with Crippen LogP contribution in [0.1, 0.15) is 23.2 Å². The summed E-state index contributed by atoms with van der Waals surface area (Å²) in [5, 5.41) is 6.34. The van der Waals surface area contributed by atoms with Gasteiger partial charge in [-0.3, -0.25) is 4.67 Å². The summed E-state index contributed by atoms with van der Waals surface area (Å²) in [6.45, 7) is 0. The van der Waals surface area contributed by atoms with E-state index in [0.717, 1.165) is 0 Å². The van der Waals surface area contributed by atoms with Gasteiger partial charge in [0.1, 0.15) is 0 Å². The zero-order valence-electron chi connectivity index (χ0n) is 18.1. The summed E-state index contributed by atoms with van der Waals surface area (Å²) in [6.07, 6.45) is 0. The summed E-state index contributed by atoms with van der Waals surface area (Å²) in [5.41, 5.74) is 2.61. The highest BCUT2D eigenvalue weighted by Crippen LogP contribution is 2.47. The smallest absolute Gasteiger partial charge is 0.0582 e. The van der Waals surface area contributed by atoms with Crippen molar-refractivity contribution in [2.24, 2.45) is 0 Å². The van der Waals surface area contributed by atoms with E-state index in [0.29, 0.717) is 0 Å². The highest BCUT2D eigenvalue weighted by Gasteiger charge is 2.32. The number of likely N-dealkylation sites (N-methyl/N-ethyl adjacent to an activating group) is 2. The van der Waals surface area contributed by atoms with Crippen LogP contribution >= 0.6 is 8.07 Å². The summed E-state index contributed by atoms with van der Waals surface area (Å²) >= 11 is 0. The number of rotatable bonds is 8. The Balaban J connectivity index is 1.84. The van der Waals surface area contributed by atoms with Crippen molar-refractivity contribution in [3.8, 4) is 0 Å². The molecule has 4 aromatic carbocycles. The van der Waals surface area contributed by atoms with Gasteiger partial charge in [-0.25, -0.2) is 0 Å². The van der Waals surface area contributed by atoms with E-state index in [-0.39, 0.29) is 12.1 Å². The lowest BCUT2D eigenvalue weighted by Gasteiger charge is -2.40. The second-order valence-corrected chi connectivity index (χ2v) is 9.88. The number of benzene rings is 4. The second-order valence-electron chi connectivity index (χ2n) is 7.59. The molecule has 4 aromatic rings. The van der Waals surface area contributed by atoms with Crippen molar-refractivity contribution in [1.82, 2.24) is 9.99 Å². The Morgan fingerprint density at radius 2 is 0.968 bits per heavy atom. The van der Waals surface area contributed by atoms with Gasteiger partial charge in [-0.1, -0.05) is 121 Å². The average Bonchev–Trinajstić information content (AvgIpc) is 2.85. The van der Waals surface area contributed by atoms with Gasteiger partial charge in [-0.15, -0.1) is 0 Å². The Hall–Kier alpha value is -2.77. The molecule has 0 heterocycles. The van der Waals surface area contributed by atoms with Crippen molar-refractivity contribution in [3.63, 3.8) is 0 Å². The SMILES string of the molecule is CN[C@@H](c1ccccc1)[C@@H](c1ccccc1)N(C)P(c1ccccc1)c1ccccc1. The number of nitrogens with zero attached hydrogens (tertiary/aromatic N) is 1. The molecule has 156 valence electrons. The van der Waals surface area contributed by atoms with Crippen molar-refractivity contribution in [3.05, 3.63) is 132 Å². The fraction of sp³-hybridized carbons (Fsp3) is 0.143. The molecule has 31 heavy (non-hydrogen) atoms. The van der Waals surface area contributed by atoms with Gasteiger partial charge in [0.25, 0.3) is 0 Å². The van der Waals surface area contributed by atoms with E-state index in [1.54, 1.807) is 0 Å². The van der Waals surface area contributed by atoms with E-state index in [4.69, 9.17) is 0 Å². The monoisotopic (exact) mass is 424 g/mol. The Labute approximate surface area is 187 Å². The van der Waals surface area contributed by atoms with Crippen LogP contribution < -0.4 is 15.9 Å². The molecule has 0 aliphatic heterocycles. The topological polar surface area (TPSA) is 15.3 Å². The van der Waals surface area contributed by atoms with Crippen molar-refractivity contribution in [2.45, 2.75) is 12.1 Å². The molecule has 0 fully saturated rings. The quantitative estimate of drug-likeness (QED) is 0.367. The molecule has 0 aliphatic rings. The van der Waals surface area contributed by atoms with E-state index < -0.39 is 8.07 Å². The number of hydrogen-bond acceptors (Lipinski definition) is 2. The van der Waals surface area contributed by atoms with E-state index in [1.165, 1.54) is 21.7 Å². The predicted molar refractivity (Wildman–Crippen MR) is 134 cm³/mol. The van der Waals surface area contributed by atoms with Crippen LogP contribution in [0.5, 0.6) is 0 Å². The third-order valence-electron chi connectivity index (χ3n) is 5.65. The van der Waals surface area contributed by atoms with Crippen molar-refractivity contribution in [2.75, 3.05) is 14.1 Å². The standard InChI is InChI=1S/C28H29N2P/c1-29-27(23-15-7-3-8-16-23)28(24-17-9-4-10-18-24)30(2)31(25-19-11-5-12-20-25)26-21-13-6-14-22-26/h3-22,27-29H,1-2H3/t27-,28+/m0/s1. The molecule has 0 aromatic heterocycles. The molecule has 0 unspecified atom stereocenters. The van der Waals surface area contributed by atoms with E-state index in [1.807, 2.05) is 0 Å². The van der Waals surface area contributed by atoms with Crippen LogP contribution in [-0.2, 0) is 0 Å². The summed E-state index contributed by atoms with van der Waals surface area (Å²) in [6, 6.07) is 43.8. The molecule has 2 atom stereocenters. The third kappa shape index (κ3) is 4.94. The van der Waals surface area contributed by atoms with Crippen LogP contribution in [0.3, 0.4) is 0 Å². The maximum Gasteiger partial charge on any atom is 0.0582 e. The summed E-state index contributed by atoms with van der Waals surface area (Å²) in [4.78, 5) is 0. The maximum absolute atomic E-state index is 3.62. The fourth-order valence-corrected chi connectivity index (χ4v) is 6.67. The first kappa shape index (κ1) is 21.5. The van der Waals surface area contributed by atoms with Crippen LogP contribution in [0.2, 0.25) is 0 Å². The van der Waals surface area contributed by atoms with Crippen molar-refractivity contribution >= 4 is 18.7 Å². The van der Waals surface area contributed by atoms with Crippen LogP contribution in [0.4, 0.5) is 0 Å². The van der Waals surface area contributed by atoms with Crippen molar-refractivity contribution in [1.29, 1.82) is 0 Å². The third-order valence-corrected chi connectivity index (χ3v) is 8.10. The minimum atomic E-state index is -0.710. The Morgan fingerprint density at radius 3 is 1.39 bits per heavy atom. The van der Waals surface area contributed by atoms with Gasteiger partial charge in [0.05, 0.1) is 12.1 Å². The first-order valence-electron chi connectivity index (χ1n) is 10.7. The molecule has 3 heteroatoms. The molecule has 0 radical (unpaired) electrons. The predicted octanol–water partition coefficient (Wildman–Crippen LogP) is 5.67. The summed E-state index contributed by atoms with van der Waals surface area (Å²) in [7, 11) is 3.63. The van der Waals surface area contributed by atoms with E-state index >= 15 is 0 Å². The normalized spacial score (nSPS) is 13.3. The second kappa shape index (κ2) is 10.5. The molecule has 0 bridgehead atoms. The van der Waals surface area contributed by atoms with Gasteiger partial charge >= 0.3 is 0 Å². The van der Waals surface area contributed by atoms with Gasteiger partial charge in [-0.2, -0.15) is 0 Å². The van der Waals surface area contributed by atoms with E-state index in [9.17, 15) is 0 Å². The molecule has 4 rings (SSSR count).